The molecule has 1 aromatic heterocycles. The average molecular weight is 458 g/mol. The van der Waals surface area contributed by atoms with Crippen LogP contribution in [0, 0.1) is 5.82 Å². The number of amides is 1. The number of nitrogens with zero attached hydrogens (tertiary/aromatic N) is 1. The van der Waals surface area contributed by atoms with E-state index in [1.54, 1.807) is 39.1 Å². The Balaban J connectivity index is 1.61. The minimum atomic E-state index is -3.67. The normalized spacial score (nSPS) is 11.8. The van der Waals surface area contributed by atoms with Gasteiger partial charge in [0.05, 0.1) is 4.90 Å². The topological polar surface area (TPSA) is 97.4 Å². The van der Waals surface area contributed by atoms with Gasteiger partial charge in [-0.25, -0.2) is 22.5 Å². The van der Waals surface area contributed by atoms with Crippen molar-refractivity contribution in [2.75, 3.05) is 0 Å². The number of hydrogen-bond donors (Lipinski definition) is 2. The summed E-state index contributed by atoms with van der Waals surface area (Å²) < 4.78 is 45.9. The maximum absolute atomic E-state index is 13.0. The Morgan fingerprint density at radius 1 is 1.03 bits per heavy atom. The van der Waals surface area contributed by atoms with Crippen molar-refractivity contribution in [3.8, 4) is 11.6 Å². The summed E-state index contributed by atoms with van der Waals surface area (Å²) >= 11 is 0. The number of carbonyl (C=O) groups is 1. The number of rotatable bonds is 7. The summed E-state index contributed by atoms with van der Waals surface area (Å²) in [7, 11) is -3.67. The van der Waals surface area contributed by atoms with Crippen LogP contribution >= 0.6 is 0 Å². The number of carbonyl (C=O) groups excluding carboxylic acids is 1. The van der Waals surface area contributed by atoms with Gasteiger partial charge in [-0.15, -0.1) is 0 Å². The van der Waals surface area contributed by atoms with Crippen molar-refractivity contribution in [1.29, 1.82) is 0 Å². The lowest BCUT2D eigenvalue weighted by Gasteiger charge is -2.20. The van der Waals surface area contributed by atoms with Crippen molar-refractivity contribution >= 4 is 15.9 Å². The lowest BCUT2D eigenvalue weighted by molar-refractivity contribution is 0.0950. The first kappa shape index (κ1) is 23.4. The smallest absolute Gasteiger partial charge is 0.251 e. The van der Waals surface area contributed by atoms with Crippen LogP contribution in [0.15, 0.2) is 71.8 Å². The highest BCUT2D eigenvalue weighted by molar-refractivity contribution is 7.89. The Kier molecular flexibility index (Phi) is 6.90. The van der Waals surface area contributed by atoms with Gasteiger partial charge >= 0.3 is 0 Å². The molecule has 1 amide bonds. The van der Waals surface area contributed by atoms with E-state index in [-0.39, 0.29) is 23.2 Å². The number of aromatic nitrogens is 1. The van der Waals surface area contributed by atoms with Crippen LogP contribution < -0.4 is 14.8 Å². The molecule has 0 atom stereocenters. The van der Waals surface area contributed by atoms with Crippen LogP contribution in [0.3, 0.4) is 0 Å². The minimum Gasteiger partial charge on any atom is -0.439 e. The average Bonchev–Trinajstić information content (AvgIpc) is 2.72. The van der Waals surface area contributed by atoms with E-state index in [4.69, 9.17) is 4.74 Å². The Bertz CT molecular complexity index is 1190. The Labute approximate surface area is 186 Å². The van der Waals surface area contributed by atoms with Crippen LogP contribution in [0.4, 0.5) is 4.39 Å². The van der Waals surface area contributed by atoms with E-state index >= 15 is 0 Å². The van der Waals surface area contributed by atoms with Crippen LogP contribution in [-0.4, -0.2) is 24.8 Å². The Hall–Kier alpha value is -3.30. The molecular formula is C23H24FN3O4S. The van der Waals surface area contributed by atoms with E-state index in [1.807, 2.05) is 0 Å². The van der Waals surface area contributed by atoms with Gasteiger partial charge in [0.25, 0.3) is 5.91 Å². The van der Waals surface area contributed by atoms with Gasteiger partial charge in [-0.05, 0) is 80.9 Å². The van der Waals surface area contributed by atoms with Crippen molar-refractivity contribution in [3.05, 3.63) is 83.8 Å². The molecule has 0 fully saturated rings. The van der Waals surface area contributed by atoms with Crippen molar-refractivity contribution in [1.82, 2.24) is 15.0 Å². The first-order valence-corrected chi connectivity index (χ1v) is 11.3. The fourth-order valence-corrected chi connectivity index (χ4v) is 4.19. The maximum atomic E-state index is 13.0. The third-order valence-corrected chi connectivity index (χ3v) is 5.93. The number of nitrogens with one attached hydrogen (secondary N) is 2. The Morgan fingerprint density at radius 2 is 1.69 bits per heavy atom. The molecule has 0 bridgehead atoms. The molecule has 0 radical (unpaired) electrons. The first-order chi connectivity index (χ1) is 15.0. The predicted octanol–water partition coefficient (Wildman–Crippen LogP) is 4.02. The lowest BCUT2D eigenvalue weighted by Crippen LogP contribution is -2.40. The molecule has 168 valence electrons. The van der Waals surface area contributed by atoms with Crippen molar-refractivity contribution in [2.45, 2.75) is 37.8 Å². The van der Waals surface area contributed by atoms with Gasteiger partial charge in [-0.1, -0.05) is 0 Å². The highest BCUT2D eigenvalue weighted by Crippen LogP contribution is 2.20. The monoisotopic (exact) mass is 457 g/mol. The summed E-state index contributed by atoms with van der Waals surface area (Å²) in [6, 6.07) is 14.7. The summed E-state index contributed by atoms with van der Waals surface area (Å²) in [4.78, 5) is 16.6. The van der Waals surface area contributed by atoms with E-state index < -0.39 is 15.6 Å². The van der Waals surface area contributed by atoms with E-state index in [0.717, 1.165) is 5.56 Å². The molecular weight excluding hydrogens is 433 g/mol. The summed E-state index contributed by atoms with van der Waals surface area (Å²) in [5.74, 6) is 0.0359. The number of sulfonamides is 1. The zero-order valence-corrected chi connectivity index (χ0v) is 18.7. The van der Waals surface area contributed by atoms with Crippen molar-refractivity contribution in [3.63, 3.8) is 0 Å². The van der Waals surface area contributed by atoms with E-state index in [2.05, 4.69) is 15.0 Å². The van der Waals surface area contributed by atoms with Crippen LogP contribution in [0.5, 0.6) is 11.6 Å². The molecule has 0 saturated carbocycles. The molecule has 32 heavy (non-hydrogen) atoms. The summed E-state index contributed by atoms with van der Waals surface area (Å²) in [5, 5.41) is 2.77. The van der Waals surface area contributed by atoms with E-state index in [1.165, 1.54) is 48.5 Å². The summed E-state index contributed by atoms with van der Waals surface area (Å²) in [5.41, 5.74) is 0.467. The van der Waals surface area contributed by atoms with Gasteiger partial charge < -0.3 is 10.1 Å². The summed E-state index contributed by atoms with van der Waals surface area (Å²) in [6.45, 7) is 5.47. The highest BCUT2D eigenvalue weighted by atomic mass is 32.2. The lowest BCUT2D eigenvalue weighted by atomic mass is 10.1. The zero-order chi connectivity index (χ0) is 23.4. The SMILES string of the molecule is CC(C)(C)NS(=O)(=O)c1ccc(C(=O)NCc2ccnc(Oc3ccc(F)cc3)c2)cc1. The fraction of sp³-hybridized carbons (Fsp3) is 0.217. The third-order valence-electron chi connectivity index (χ3n) is 4.16. The third kappa shape index (κ3) is 6.60. The Morgan fingerprint density at radius 3 is 2.31 bits per heavy atom. The molecule has 1 heterocycles. The number of hydrogen-bond acceptors (Lipinski definition) is 5. The van der Waals surface area contributed by atoms with Gasteiger partial charge in [0.2, 0.25) is 15.9 Å². The minimum absolute atomic E-state index is 0.0840. The van der Waals surface area contributed by atoms with Crippen LogP contribution in [-0.2, 0) is 16.6 Å². The molecule has 0 spiro atoms. The molecule has 3 rings (SSSR count). The van der Waals surface area contributed by atoms with Crippen LogP contribution in [0.1, 0.15) is 36.7 Å². The van der Waals surface area contributed by atoms with Gasteiger partial charge in [0.15, 0.2) is 0 Å². The molecule has 2 aromatic carbocycles. The van der Waals surface area contributed by atoms with E-state index in [9.17, 15) is 17.6 Å². The number of pyridine rings is 1. The highest BCUT2D eigenvalue weighted by Gasteiger charge is 2.22. The largest absolute Gasteiger partial charge is 0.439 e. The number of benzene rings is 2. The quantitative estimate of drug-likeness (QED) is 0.559. The van der Waals surface area contributed by atoms with Gasteiger partial charge in [-0.2, -0.15) is 0 Å². The standard InChI is InChI=1S/C23H24FN3O4S/c1-23(2,3)27-32(29,30)20-10-4-17(5-11-20)22(28)26-15-16-12-13-25-21(14-16)31-19-8-6-18(24)7-9-19/h4-14,27H,15H2,1-3H3,(H,26,28). The second-order valence-electron chi connectivity index (χ2n) is 8.12. The second-order valence-corrected chi connectivity index (χ2v) is 9.80. The van der Waals surface area contributed by atoms with Crippen molar-refractivity contribution < 1.29 is 22.3 Å². The summed E-state index contributed by atoms with van der Waals surface area (Å²) in [6.07, 6.45) is 1.54. The molecule has 0 aliphatic rings. The molecule has 2 N–H and O–H groups in total. The predicted molar refractivity (Wildman–Crippen MR) is 118 cm³/mol. The molecule has 3 aromatic rings. The maximum Gasteiger partial charge on any atom is 0.251 e. The zero-order valence-electron chi connectivity index (χ0n) is 17.9. The molecule has 0 saturated heterocycles. The molecule has 0 unspecified atom stereocenters. The molecule has 0 aliphatic carbocycles. The fourth-order valence-electron chi connectivity index (χ4n) is 2.77. The second kappa shape index (κ2) is 9.46. The van der Waals surface area contributed by atoms with Gasteiger partial charge in [-0.3, -0.25) is 4.79 Å². The van der Waals surface area contributed by atoms with Crippen LogP contribution in [0.2, 0.25) is 0 Å². The van der Waals surface area contributed by atoms with Crippen LogP contribution in [0.25, 0.3) is 0 Å². The van der Waals surface area contributed by atoms with Gasteiger partial charge in [0, 0.05) is 29.9 Å². The van der Waals surface area contributed by atoms with E-state index in [0.29, 0.717) is 17.2 Å². The van der Waals surface area contributed by atoms with Crippen molar-refractivity contribution in [2.24, 2.45) is 0 Å². The van der Waals surface area contributed by atoms with Gasteiger partial charge in [0.1, 0.15) is 11.6 Å². The molecule has 0 aliphatic heterocycles. The molecule has 9 heteroatoms. The number of ether oxygens (including phenoxy) is 1. The first-order valence-electron chi connectivity index (χ1n) is 9.82. The number of halogens is 1. The molecule has 7 nitrogen and oxygen atoms in total.